The number of halogens is 2. The number of carbonyl (C=O) groups is 1. The molecule has 2 aromatic carbocycles. The lowest BCUT2D eigenvalue weighted by Crippen LogP contribution is -2.23. The summed E-state index contributed by atoms with van der Waals surface area (Å²) in [6.07, 6.45) is 0. The van der Waals surface area contributed by atoms with E-state index in [4.69, 9.17) is 14.2 Å². The standard InChI is InChI=1S/C17H17F2NO4/c1-22-14-6-10(7-15(23-2)16(14)24-3)9-20-17(21)11-4-5-12(18)13(19)8-11/h4-8H,9H2,1-3H3,(H,20,21). The fourth-order valence-electron chi connectivity index (χ4n) is 2.16. The van der Waals surface area contributed by atoms with Crippen LogP contribution < -0.4 is 19.5 Å². The maximum atomic E-state index is 13.2. The number of ether oxygens (including phenoxy) is 3. The normalized spacial score (nSPS) is 10.2. The molecule has 0 unspecified atom stereocenters. The second-order valence-electron chi connectivity index (χ2n) is 4.85. The van der Waals surface area contributed by atoms with Crippen LogP contribution in [0.3, 0.4) is 0 Å². The maximum Gasteiger partial charge on any atom is 0.251 e. The van der Waals surface area contributed by atoms with Gasteiger partial charge in [-0.25, -0.2) is 8.78 Å². The van der Waals surface area contributed by atoms with Crippen molar-refractivity contribution in [2.75, 3.05) is 21.3 Å². The average Bonchev–Trinajstić information content (AvgIpc) is 2.60. The van der Waals surface area contributed by atoms with Crippen molar-refractivity contribution in [3.8, 4) is 17.2 Å². The molecule has 128 valence electrons. The van der Waals surface area contributed by atoms with Gasteiger partial charge in [0.05, 0.1) is 21.3 Å². The molecule has 7 heteroatoms. The van der Waals surface area contributed by atoms with Gasteiger partial charge in [0.15, 0.2) is 23.1 Å². The summed E-state index contributed by atoms with van der Waals surface area (Å²) in [4.78, 5) is 12.0. The fraction of sp³-hybridized carbons (Fsp3) is 0.235. The van der Waals surface area contributed by atoms with E-state index in [1.54, 1.807) is 12.1 Å². The quantitative estimate of drug-likeness (QED) is 0.881. The summed E-state index contributed by atoms with van der Waals surface area (Å²) in [6, 6.07) is 6.34. The smallest absolute Gasteiger partial charge is 0.251 e. The van der Waals surface area contributed by atoms with E-state index in [1.807, 2.05) is 0 Å². The Bertz CT molecular complexity index is 724. The number of methoxy groups -OCH3 is 3. The zero-order valence-electron chi connectivity index (χ0n) is 13.5. The van der Waals surface area contributed by atoms with Crippen molar-refractivity contribution >= 4 is 5.91 Å². The molecule has 0 saturated heterocycles. The Morgan fingerprint density at radius 3 is 2.08 bits per heavy atom. The summed E-state index contributed by atoms with van der Waals surface area (Å²) in [5, 5.41) is 2.62. The van der Waals surface area contributed by atoms with Gasteiger partial charge < -0.3 is 19.5 Å². The van der Waals surface area contributed by atoms with Crippen LogP contribution in [0.4, 0.5) is 8.78 Å². The number of amides is 1. The number of carbonyl (C=O) groups excluding carboxylic acids is 1. The molecule has 1 N–H and O–H groups in total. The summed E-state index contributed by atoms with van der Waals surface area (Å²) in [6.45, 7) is 0.147. The van der Waals surface area contributed by atoms with Crippen LogP contribution in [0, 0.1) is 11.6 Å². The van der Waals surface area contributed by atoms with E-state index in [2.05, 4.69) is 5.32 Å². The first-order valence-electron chi connectivity index (χ1n) is 7.02. The molecule has 1 amide bonds. The summed E-state index contributed by atoms with van der Waals surface area (Å²) in [5.74, 6) is -1.26. The molecule has 0 saturated carbocycles. The second-order valence-corrected chi connectivity index (χ2v) is 4.85. The zero-order valence-corrected chi connectivity index (χ0v) is 13.5. The van der Waals surface area contributed by atoms with Gasteiger partial charge in [0, 0.05) is 12.1 Å². The molecule has 0 atom stereocenters. The molecule has 2 rings (SSSR count). The Kier molecular flexibility index (Phi) is 5.57. The number of hydrogen-bond acceptors (Lipinski definition) is 4. The topological polar surface area (TPSA) is 56.8 Å². The van der Waals surface area contributed by atoms with E-state index in [0.29, 0.717) is 22.8 Å². The molecule has 24 heavy (non-hydrogen) atoms. The van der Waals surface area contributed by atoms with Crippen LogP contribution in [0.5, 0.6) is 17.2 Å². The van der Waals surface area contributed by atoms with Gasteiger partial charge in [0.1, 0.15) is 0 Å². The van der Waals surface area contributed by atoms with Crippen LogP contribution in [0.15, 0.2) is 30.3 Å². The Hall–Kier alpha value is -2.83. The van der Waals surface area contributed by atoms with Crippen LogP contribution in [0.25, 0.3) is 0 Å². The first-order chi connectivity index (χ1) is 11.5. The third-order valence-corrected chi connectivity index (χ3v) is 3.36. The van der Waals surface area contributed by atoms with E-state index in [1.165, 1.54) is 27.4 Å². The van der Waals surface area contributed by atoms with Crippen molar-refractivity contribution in [1.82, 2.24) is 5.32 Å². The molecule has 0 fully saturated rings. The summed E-state index contributed by atoms with van der Waals surface area (Å²) < 4.78 is 41.8. The lowest BCUT2D eigenvalue weighted by molar-refractivity contribution is 0.0950. The molecule has 0 bridgehead atoms. The lowest BCUT2D eigenvalue weighted by atomic mass is 10.1. The molecule has 0 radical (unpaired) electrons. The molecule has 0 aliphatic carbocycles. The monoisotopic (exact) mass is 337 g/mol. The molecule has 0 heterocycles. The third kappa shape index (κ3) is 3.73. The van der Waals surface area contributed by atoms with Gasteiger partial charge in [0.25, 0.3) is 5.91 Å². The minimum absolute atomic E-state index is 0.0290. The van der Waals surface area contributed by atoms with Crippen molar-refractivity contribution in [3.63, 3.8) is 0 Å². The molecule has 0 aliphatic rings. The van der Waals surface area contributed by atoms with Gasteiger partial charge >= 0.3 is 0 Å². The highest BCUT2D eigenvalue weighted by atomic mass is 19.2. The highest BCUT2D eigenvalue weighted by molar-refractivity contribution is 5.94. The molecule has 2 aromatic rings. The molecule has 0 spiro atoms. The fourth-order valence-corrected chi connectivity index (χ4v) is 2.16. The van der Waals surface area contributed by atoms with Gasteiger partial charge in [-0.1, -0.05) is 0 Å². The molecule has 0 aliphatic heterocycles. The van der Waals surface area contributed by atoms with E-state index in [-0.39, 0.29) is 12.1 Å². The third-order valence-electron chi connectivity index (χ3n) is 3.36. The van der Waals surface area contributed by atoms with Gasteiger partial charge in [-0.2, -0.15) is 0 Å². The second kappa shape index (κ2) is 7.63. The van der Waals surface area contributed by atoms with Crippen molar-refractivity contribution in [2.24, 2.45) is 0 Å². The number of rotatable bonds is 6. The van der Waals surface area contributed by atoms with E-state index in [9.17, 15) is 13.6 Å². The minimum atomic E-state index is -1.07. The number of nitrogens with one attached hydrogen (secondary N) is 1. The average molecular weight is 337 g/mol. The summed E-state index contributed by atoms with van der Waals surface area (Å²) in [5.41, 5.74) is 0.724. The van der Waals surface area contributed by atoms with E-state index < -0.39 is 17.5 Å². The Balaban J connectivity index is 2.16. The van der Waals surface area contributed by atoms with Crippen LogP contribution in [-0.2, 0) is 6.54 Å². The molecule has 0 aromatic heterocycles. The zero-order chi connectivity index (χ0) is 17.7. The number of benzene rings is 2. The van der Waals surface area contributed by atoms with Crippen LogP contribution in [-0.4, -0.2) is 27.2 Å². The predicted molar refractivity (Wildman–Crippen MR) is 83.6 cm³/mol. The maximum absolute atomic E-state index is 13.2. The Labute approximate surface area is 138 Å². The number of hydrogen-bond donors (Lipinski definition) is 1. The van der Waals surface area contributed by atoms with Crippen LogP contribution >= 0.6 is 0 Å². The summed E-state index contributed by atoms with van der Waals surface area (Å²) in [7, 11) is 4.47. The highest BCUT2D eigenvalue weighted by Crippen LogP contribution is 2.38. The highest BCUT2D eigenvalue weighted by Gasteiger charge is 2.14. The van der Waals surface area contributed by atoms with Crippen molar-refractivity contribution in [1.29, 1.82) is 0 Å². The van der Waals surface area contributed by atoms with E-state index in [0.717, 1.165) is 12.1 Å². The molecular weight excluding hydrogens is 320 g/mol. The van der Waals surface area contributed by atoms with Gasteiger partial charge in [-0.15, -0.1) is 0 Å². The van der Waals surface area contributed by atoms with Crippen LogP contribution in [0.1, 0.15) is 15.9 Å². The van der Waals surface area contributed by atoms with Crippen molar-refractivity contribution in [3.05, 3.63) is 53.1 Å². The van der Waals surface area contributed by atoms with Crippen LogP contribution in [0.2, 0.25) is 0 Å². The van der Waals surface area contributed by atoms with Gasteiger partial charge in [0.2, 0.25) is 5.75 Å². The van der Waals surface area contributed by atoms with Gasteiger partial charge in [-0.3, -0.25) is 4.79 Å². The van der Waals surface area contributed by atoms with E-state index >= 15 is 0 Å². The SMILES string of the molecule is COc1cc(CNC(=O)c2ccc(F)c(F)c2)cc(OC)c1OC. The minimum Gasteiger partial charge on any atom is -0.493 e. The Morgan fingerprint density at radius 2 is 1.58 bits per heavy atom. The molecule has 5 nitrogen and oxygen atoms in total. The first kappa shape index (κ1) is 17.5. The lowest BCUT2D eigenvalue weighted by Gasteiger charge is -2.14. The van der Waals surface area contributed by atoms with Gasteiger partial charge in [-0.05, 0) is 35.9 Å². The first-order valence-corrected chi connectivity index (χ1v) is 7.02. The predicted octanol–water partition coefficient (Wildman–Crippen LogP) is 2.92. The Morgan fingerprint density at radius 1 is 0.958 bits per heavy atom. The van der Waals surface area contributed by atoms with Crippen molar-refractivity contribution < 1.29 is 27.8 Å². The largest absolute Gasteiger partial charge is 0.493 e. The van der Waals surface area contributed by atoms with Crippen molar-refractivity contribution in [2.45, 2.75) is 6.54 Å². The summed E-state index contributed by atoms with van der Waals surface area (Å²) >= 11 is 0. The molecular formula is C17H17F2NO4.